The third kappa shape index (κ3) is 3.32. The minimum Gasteiger partial charge on any atom is -0.363 e. The summed E-state index contributed by atoms with van der Waals surface area (Å²) in [7, 11) is 0. The first-order chi connectivity index (χ1) is 14.4. The summed E-state index contributed by atoms with van der Waals surface area (Å²) >= 11 is 0. The van der Waals surface area contributed by atoms with E-state index in [-0.39, 0.29) is 23.0 Å². The van der Waals surface area contributed by atoms with Crippen LogP contribution in [0.3, 0.4) is 0 Å². The molecule has 4 nitrogen and oxygen atoms in total. The molecular weight excluding hydrogens is 426 g/mol. The lowest BCUT2D eigenvalue weighted by atomic mass is 9.90. The Bertz CT molecular complexity index is 1130. The number of aliphatic hydroxyl groups is 1. The van der Waals surface area contributed by atoms with E-state index in [0.29, 0.717) is 17.0 Å². The number of amides is 1. The summed E-state index contributed by atoms with van der Waals surface area (Å²) in [5.74, 6) is -0.958. The summed E-state index contributed by atoms with van der Waals surface area (Å²) in [6.07, 6.45) is -8.96. The first-order valence-corrected chi connectivity index (χ1v) is 8.81. The van der Waals surface area contributed by atoms with Crippen LogP contribution in [-0.4, -0.2) is 16.0 Å². The zero-order valence-corrected chi connectivity index (χ0v) is 15.4. The molecule has 0 saturated carbocycles. The standard InChI is InChI=1S/C21H12F6N2O2/c22-20(23,24)13-9-12(10-14(11-13)21(25,26)27)19(31)16-6-2-1-5-15(16)18(30)29(19)17-7-3-4-8-28-17/h1-11,31H. The summed E-state index contributed by atoms with van der Waals surface area (Å²) in [5, 5.41) is 11.6. The number of benzene rings is 2. The van der Waals surface area contributed by atoms with Gasteiger partial charge in [0, 0.05) is 22.9 Å². The quantitative estimate of drug-likeness (QED) is 0.575. The summed E-state index contributed by atoms with van der Waals surface area (Å²) < 4.78 is 80.4. The van der Waals surface area contributed by atoms with Gasteiger partial charge in [-0.15, -0.1) is 0 Å². The second-order valence-corrected chi connectivity index (χ2v) is 6.84. The zero-order valence-electron chi connectivity index (χ0n) is 15.4. The number of carbonyl (C=O) groups is 1. The molecular formula is C21H12F6N2O2. The van der Waals surface area contributed by atoms with Crippen LogP contribution >= 0.6 is 0 Å². The number of rotatable bonds is 2. The molecule has 160 valence electrons. The molecule has 3 aromatic rings. The Labute approximate surface area is 171 Å². The number of halogens is 6. The van der Waals surface area contributed by atoms with Gasteiger partial charge in [-0.2, -0.15) is 26.3 Å². The predicted molar refractivity (Wildman–Crippen MR) is 96.9 cm³/mol. The van der Waals surface area contributed by atoms with Gasteiger partial charge in [0.1, 0.15) is 5.82 Å². The van der Waals surface area contributed by atoms with E-state index in [4.69, 9.17) is 0 Å². The Hall–Kier alpha value is -3.40. The van der Waals surface area contributed by atoms with Crippen molar-refractivity contribution in [1.82, 2.24) is 4.98 Å². The van der Waals surface area contributed by atoms with Crippen molar-refractivity contribution in [2.24, 2.45) is 0 Å². The van der Waals surface area contributed by atoms with E-state index >= 15 is 0 Å². The molecule has 4 rings (SSSR count). The van der Waals surface area contributed by atoms with Crippen molar-refractivity contribution >= 4 is 11.7 Å². The van der Waals surface area contributed by atoms with Crippen LogP contribution in [-0.2, 0) is 18.1 Å². The zero-order chi connectivity index (χ0) is 22.6. The third-order valence-corrected chi connectivity index (χ3v) is 4.93. The van der Waals surface area contributed by atoms with Crippen molar-refractivity contribution in [2.45, 2.75) is 18.1 Å². The molecule has 1 aliphatic rings. The number of nitrogens with zero attached hydrogens (tertiary/aromatic N) is 2. The van der Waals surface area contributed by atoms with Gasteiger partial charge in [0.25, 0.3) is 5.91 Å². The van der Waals surface area contributed by atoms with Crippen LogP contribution in [0.4, 0.5) is 32.2 Å². The van der Waals surface area contributed by atoms with Gasteiger partial charge in [-0.05, 0) is 36.4 Å². The highest BCUT2D eigenvalue weighted by molar-refractivity contribution is 6.12. The maximum absolute atomic E-state index is 13.4. The molecule has 2 aromatic carbocycles. The number of aromatic nitrogens is 1. The van der Waals surface area contributed by atoms with Crippen LogP contribution in [0, 0.1) is 0 Å². The van der Waals surface area contributed by atoms with Crippen LogP contribution in [0.2, 0.25) is 0 Å². The Balaban J connectivity index is 2.05. The minimum absolute atomic E-state index is 0.0410. The molecule has 31 heavy (non-hydrogen) atoms. The van der Waals surface area contributed by atoms with E-state index in [1.165, 1.54) is 48.7 Å². The van der Waals surface area contributed by atoms with E-state index < -0.39 is 40.7 Å². The van der Waals surface area contributed by atoms with Crippen molar-refractivity contribution in [2.75, 3.05) is 4.90 Å². The van der Waals surface area contributed by atoms with Gasteiger partial charge < -0.3 is 5.11 Å². The van der Waals surface area contributed by atoms with E-state index in [2.05, 4.69) is 4.98 Å². The Kier molecular flexibility index (Phi) is 4.58. The van der Waals surface area contributed by atoms with Gasteiger partial charge in [-0.1, -0.05) is 24.3 Å². The molecule has 0 fully saturated rings. The highest BCUT2D eigenvalue weighted by atomic mass is 19.4. The molecule has 0 aliphatic carbocycles. The lowest BCUT2D eigenvalue weighted by molar-refractivity contribution is -0.143. The molecule has 1 amide bonds. The summed E-state index contributed by atoms with van der Waals surface area (Å²) in [6, 6.07) is 10.5. The minimum atomic E-state index is -5.12. The van der Waals surface area contributed by atoms with Crippen LogP contribution in [0.5, 0.6) is 0 Å². The number of fused-ring (bicyclic) bond motifs is 1. The van der Waals surface area contributed by atoms with Crippen molar-refractivity contribution in [3.63, 3.8) is 0 Å². The van der Waals surface area contributed by atoms with Crippen LogP contribution < -0.4 is 4.90 Å². The van der Waals surface area contributed by atoms with E-state index in [1.54, 1.807) is 0 Å². The fourth-order valence-corrected chi connectivity index (χ4v) is 3.56. The first kappa shape index (κ1) is 20.9. The maximum atomic E-state index is 13.4. The molecule has 0 spiro atoms. The number of alkyl halides is 6. The van der Waals surface area contributed by atoms with Crippen LogP contribution in [0.25, 0.3) is 0 Å². The molecule has 10 heteroatoms. The number of hydrogen-bond acceptors (Lipinski definition) is 3. The molecule has 0 bridgehead atoms. The van der Waals surface area contributed by atoms with Gasteiger partial charge in [0.05, 0.1) is 11.1 Å². The smallest absolute Gasteiger partial charge is 0.363 e. The summed E-state index contributed by atoms with van der Waals surface area (Å²) in [4.78, 5) is 17.7. The molecule has 1 aliphatic heterocycles. The van der Waals surface area contributed by atoms with E-state index in [0.717, 1.165) is 0 Å². The molecule has 1 N–H and O–H groups in total. The lowest BCUT2D eigenvalue weighted by Gasteiger charge is -2.34. The number of pyridine rings is 1. The fourth-order valence-electron chi connectivity index (χ4n) is 3.56. The van der Waals surface area contributed by atoms with Crippen molar-refractivity contribution in [3.05, 3.63) is 94.7 Å². The average Bonchev–Trinajstić information content (AvgIpc) is 2.95. The second kappa shape index (κ2) is 6.81. The molecule has 1 unspecified atom stereocenters. The number of hydrogen-bond donors (Lipinski definition) is 1. The highest BCUT2D eigenvalue weighted by Gasteiger charge is 2.52. The second-order valence-electron chi connectivity index (χ2n) is 6.84. The largest absolute Gasteiger partial charge is 0.416 e. The summed E-state index contributed by atoms with van der Waals surface area (Å²) in [5.41, 5.74) is -6.85. The maximum Gasteiger partial charge on any atom is 0.416 e. The van der Waals surface area contributed by atoms with Gasteiger partial charge in [-0.25, -0.2) is 4.98 Å². The third-order valence-electron chi connectivity index (χ3n) is 4.93. The fraction of sp³-hybridized carbons (Fsp3) is 0.143. The van der Waals surface area contributed by atoms with Crippen LogP contribution in [0.15, 0.2) is 66.9 Å². The topological polar surface area (TPSA) is 53.4 Å². The van der Waals surface area contributed by atoms with E-state index in [9.17, 15) is 36.2 Å². The lowest BCUT2D eigenvalue weighted by Crippen LogP contribution is -2.45. The SMILES string of the molecule is O=C1c2ccccc2C(O)(c2cc(C(F)(F)F)cc(C(F)(F)F)c2)N1c1ccccn1. The van der Waals surface area contributed by atoms with Gasteiger partial charge in [-0.3, -0.25) is 9.69 Å². The van der Waals surface area contributed by atoms with Gasteiger partial charge >= 0.3 is 12.4 Å². The molecule has 1 aromatic heterocycles. The Morgan fingerprint density at radius 1 is 0.839 bits per heavy atom. The number of anilines is 1. The Morgan fingerprint density at radius 2 is 1.42 bits per heavy atom. The molecule has 2 heterocycles. The molecule has 0 saturated heterocycles. The molecule has 0 radical (unpaired) electrons. The average molecular weight is 438 g/mol. The molecule has 1 atom stereocenters. The van der Waals surface area contributed by atoms with E-state index in [1.807, 2.05) is 0 Å². The van der Waals surface area contributed by atoms with Gasteiger partial charge in [0.2, 0.25) is 0 Å². The monoisotopic (exact) mass is 438 g/mol. The normalized spacial score (nSPS) is 18.9. The van der Waals surface area contributed by atoms with Crippen LogP contribution in [0.1, 0.15) is 32.6 Å². The van der Waals surface area contributed by atoms with Gasteiger partial charge in [0.15, 0.2) is 5.72 Å². The first-order valence-electron chi connectivity index (χ1n) is 8.81. The van der Waals surface area contributed by atoms with Crippen molar-refractivity contribution in [3.8, 4) is 0 Å². The van der Waals surface area contributed by atoms with Crippen molar-refractivity contribution < 1.29 is 36.2 Å². The predicted octanol–water partition coefficient (Wildman–Crippen LogP) is 4.97. The van der Waals surface area contributed by atoms with Crippen molar-refractivity contribution in [1.29, 1.82) is 0 Å². The highest BCUT2D eigenvalue weighted by Crippen LogP contribution is 2.47. The Morgan fingerprint density at radius 3 is 1.97 bits per heavy atom. The number of carbonyl (C=O) groups excluding carboxylic acids is 1. The summed E-state index contributed by atoms with van der Waals surface area (Å²) in [6.45, 7) is 0.